The van der Waals surface area contributed by atoms with Crippen molar-refractivity contribution in [3.8, 4) is 0 Å². The molecule has 0 saturated heterocycles. The van der Waals surface area contributed by atoms with Crippen LogP contribution in [-0.2, 0) is 4.79 Å². The number of aliphatic hydroxyl groups excluding tert-OH is 1. The first-order valence-electron chi connectivity index (χ1n) is 4.93. The molecule has 0 amide bonds. The lowest BCUT2D eigenvalue weighted by Crippen LogP contribution is -2.03. The number of hydrogen-bond acceptors (Lipinski definition) is 2. The minimum Gasteiger partial charge on any atom is -0.388 e. The predicted molar refractivity (Wildman–Crippen MR) is 52.4 cm³/mol. The highest BCUT2D eigenvalue weighted by Crippen LogP contribution is 2.27. The molecule has 0 aromatic rings. The van der Waals surface area contributed by atoms with Gasteiger partial charge in [-0.05, 0) is 36.8 Å². The van der Waals surface area contributed by atoms with Crippen LogP contribution in [0.3, 0.4) is 0 Å². The maximum Gasteiger partial charge on any atom is 0.161 e. The summed E-state index contributed by atoms with van der Waals surface area (Å²) in [5, 5.41) is 9.43. The minimum absolute atomic E-state index is 0.144. The molecule has 1 aliphatic carbocycles. The van der Waals surface area contributed by atoms with Crippen molar-refractivity contribution in [1.29, 1.82) is 0 Å². The maximum atomic E-state index is 11.4. The number of rotatable bonds is 3. The fourth-order valence-electron chi connectivity index (χ4n) is 1.64. The molecule has 1 rings (SSSR count). The van der Waals surface area contributed by atoms with E-state index in [2.05, 4.69) is 13.8 Å². The average molecular weight is 182 g/mol. The number of aliphatic hydroxyl groups is 1. The molecule has 2 nitrogen and oxygen atoms in total. The second-order valence-corrected chi connectivity index (χ2v) is 4.24. The van der Waals surface area contributed by atoms with Crippen LogP contribution in [0, 0.1) is 5.92 Å². The summed E-state index contributed by atoms with van der Waals surface area (Å²) in [5.41, 5.74) is 1.77. The molecule has 0 bridgehead atoms. The third-order valence-corrected chi connectivity index (χ3v) is 2.66. The van der Waals surface area contributed by atoms with Crippen LogP contribution in [0.2, 0.25) is 0 Å². The van der Waals surface area contributed by atoms with Gasteiger partial charge in [-0.3, -0.25) is 4.79 Å². The third-order valence-electron chi connectivity index (χ3n) is 2.66. The molecule has 0 saturated carbocycles. The lowest BCUT2D eigenvalue weighted by Gasteiger charge is -2.05. The largest absolute Gasteiger partial charge is 0.388 e. The zero-order valence-corrected chi connectivity index (χ0v) is 8.63. The van der Waals surface area contributed by atoms with Crippen LogP contribution in [0.1, 0.15) is 40.0 Å². The summed E-state index contributed by atoms with van der Waals surface area (Å²) in [4.78, 5) is 11.4. The van der Waals surface area contributed by atoms with Crippen LogP contribution in [0.5, 0.6) is 0 Å². The average Bonchev–Trinajstić information content (AvgIpc) is 2.24. The second kappa shape index (κ2) is 4.05. The number of hydrogen-bond donors (Lipinski definition) is 1. The van der Waals surface area contributed by atoms with Crippen LogP contribution in [-0.4, -0.2) is 17.0 Å². The molecule has 1 unspecified atom stereocenters. The van der Waals surface area contributed by atoms with E-state index < -0.39 is 6.10 Å². The Kier molecular flexibility index (Phi) is 3.26. The van der Waals surface area contributed by atoms with Gasteiger partial charge in [-0.15, -0.1) is 0 Å². The van der Waals surface area contributed by atoms with E-state index in [1.54, 1.807) is 0 Å². The quantitative estimate of drug-likeness (QED) is 0.725. The maximum absolute atomic E-state index is 11.4. The molecule has 0 aromatic heterocycles. The van der Waals surface area contributed by atoms with E-state index >= 15 is 0 Å². The Morgan fingerprint density at radius 2 is 2.15 bits per heavy atom. The van der Waals surface area contributed by atoms with Crippen molar-refractivity contribution < 1.29 is 9.90 Å². The molecule has 0 aromatic carbocycles. The molecule has 0 heterocycles. The molecule has 74 valence electrons. The lowest BCUT2D eigenvalue weighted by atomic mass is 10.00. The number of allylic oxidation sites excluding steroid dienone is 1. The van der Waals surface area contributed by atoms with Gasteiger partial charge in [0.05, 0.1) is 6.10 Å². The standard InChI is InChI=1S/C11H18O2/c1-7(2)4-5-9-8(3)10(12)6-11(9)13/h7,10,12H,4-6H2,1-3H3. The Bertz CT molecular complexity index is 238. The van der Waals surface area contributed by atoms with Crippen LogP contribution in [0.4, 0.5) is 0 Å². The van der Waals surface area contributed by atoms with Gasteiger partial charge in [0.25, 0.3) is 0 Å². The van der Waals surface area contributed by atoms with E-state index in [9.17, 15) is 9.90 Å². The van der Waals surface area contributed by atoms with Gasteiger partial charge in [0.2, 0.25) is 0 Å². The molecule has 0 aliphatic heterocycles. The van der Waals surface area contributed by atoms with Crippen molar-refractivity contribution in [3.63, 3.8) is 0 Å². The van der Waals surface area contributed by atoms with Crippen molar-refractivity contribution in [3.05, 3.63) is 11.1 Å². The Morgan fingerprint density at radius 3 is 2.54 bits per heavy atom. The van der Waals surface area contributed by atoms with Crippen LogP contribution < -0.4 is 0 Å². The van der Waals surface area contributed by atoms with Gasteiger partial charge >= 0.3 is 0 Å². The molecule has 2 heteroatoms. The molecule has 0 fully saturated rings. The van der Waals surface area contributed by atoms with Crippen LogP contribution in [0.15, 0.2) is 11.1 Å². The summed E-state index contributed by atoms with van der Waals surface area (Å²) in [6.45, 7) is 6.16. The van der Waals surface area contributed by atoms with Crippen LogP contribution in [0.25, 0.3) is 0 Å². The summed E-state index contributed by atoms with van der Waals surface area (Å²) < 4.78 is 0. The van der Waals surface area contributed by atoms with Gasteiger partial charge < -0.3 is 5.11 Å². The highest BCUT2D eigenvalue weighted by molar-refractivity contribution is 5.99. The SMILES string of the molecule is CC1=C(CCC(C)C)C(=O)CC1O. The second-order valence-electron chi connectivity index (χ2n) is 4.24. The highest BCUT2D eigenvalue weighted by atomic mass is 16.3. The predicted octanol–water partition coefficient (Wildman–Crippen LogP) is 2.07. The molecule has 0 radical (unpaired) electrons. The topological polar surface area (TPSA) is 37.3 Å². The van der Waals surface area contributed by atoms with Crippen molar-refractivity contribution >= 4 is 5.78 Å². The van der Waals surface area contributed by atoms with Gasteiger partial charge in [-0.1, -0.05) is 13.8 Å². The highest BCUT2D eigenvalue weighted by Gasteiger charge is 2.27. The Labute approximate surface area is 79.6 Å². The smallest absolute Gasteiger partial charge is 0.161 e. The number of carbonyl (C=O) groups is 1. The van der Waals surface area contributed by atoms with E-state index in [0.717, 1.165) is 24.0 Å². The first-order chi connectivity index (χ1) is 6.02. The minimum atomic E-state index is -0.505. The molecular weight excluding hydrogens is 164 g/mol. The first kappa shape index (κ1) is 10.5. The summed E-state index contributed by atoms with van der Waals surface area (Å²) in [5.74, 6) is 0.761. The molecule has 1 N–H and O–H groups in total. The summed E-state index contributed by atoms with van der Waals surface area (Å²) in [7, 11) is 0. The van der Waals surface area contributed by atoms with Crippen molar-refractivity contribution in [2.75, 3.05) is 0 Å². The number of Topliss-reactive ketones (excluding diaryl/α,β-unsaturated/α-hetero) is 1. The zero-order valence-electron chi connectivity index (χ0n) is 8.63. The van der Waals surface area contributed by atoms with Crippen LogP contribution >= 0.6 is 0 Å². The van der Waals surface area contributed by atoms with Crippen molar-refractivity contribution in [2.24, 2.45) is 5.92 Å². The molecule has 1 aliphatic rings. The van der Waals surface area contributed by atoms with Gasteiger partial charge in [-0.25, -0.2) is 0 Å². The molecule has 0 spiro atoms. The summed E-state index contributed by atoms with van der Waals surface area (Å²) >= 11 is 0. The first-order valence-corrected chi connectivity index (χ1v) is 4.93. The van der Waals surface area contributed by atoms with Gasteiger partial charge in [-0.2, -0.15) is 0 Å². The van der Waals surface area contributed by atoms with E-state index in [1.165, 1.54) is 0 Å². The fourth-order valence-corrected chi connectivity index (χ4v) is 1.64. The van der Waals surface area contributed by atoms with Gasteiger partial charge in [0.1, 0.15) is 0 Å². The molecular formula is C11H18O2. The van der Waals surface area contributed by atoms with Crippen molar-refractivity contribution in [1.82, 2.24) is 0 Å². The lowest BCUT2D eigenvalue weighted by molar-refractivity contribution is -0.116. The third kappa shape index (κ3) is 2.41. The number of carbonyl (C=O) groups excluding carboxylic acids is 1. The van der Waals surface area contributed by atoms with Gasteiger partial charge in [0, 0.05) is 6.42 Å². The zero-order chi connectivity index (χ0) is 10.0. The normalized spacial score (nSPS) is 23.5. The van der Waals surface area contributed by atoms with E-state index in [-0.39, 0.29) is 5.78 Å². The number of ketones is 1. The Morgan fingerprint density at radius 1 is 1.54 bits per heavy atom. The Balaban J connectivity index is 2.61. The summed E-state index contributed by atoms with van der Waals surface area (Å²) in [6, 6.07) is 0. The van der Waals surface area contributed by atoms with Gasteiger partial charge in [0.15, 0.2) is 5.78 Å². The monoisotopic (exact) mass is 182 g/mol. The Hall–Kier alpha value is -0.630. The van der Waals surface area contributed by atoms with E-state index in [4.69, 9.17) is 0 Å². The molecule has 1 atom stereocenters. The van der Waals surface area contributed by atoms with E-state index in [1.807, 2.05) is 6.92 Å². The van der Waals surface area contributed by atoms with E-state index in [0.29, 0.717) is 12.3 Å². The summed E-state index contributed by atoms with van der Waals surface area (Å²) in [6.07, 6.45) is 1.67. The van der Waals surface area contributed by atoms with Crippen molar-refractivity contribution in [2.45, 2.75) is 46.1 Å². The molecule has 13 heavy (non-hydrogen) atoms. The fraction of sp³-hybridized carbons (Fsp3) is 0.727.